The van der Waals surface area contributed by atoms with E-state index in [1.165, 1.54) is 19.3 Å². The number of hydrogen-bond donors (Lipinski definition) is 0. The summed E-state index contributed by atoms with van der Waals surface area (Å²) in [6.45, 7) is 4.51. The first-order chi connectivity index (χ1) is 14.6. The molecule has 6 nitrogen and oxygen atoms in total. The fraction of sp³-hybridized carbons (Fsp3) is 0.435. The molecule has 0 spiro atoms. The summed E-state index contributed by atoms with van der Waals surface area (Å²) in [6, 6.07) is 9.53. The molecule has 2 aromatic heterocycles. The Labute approximate surface area is 179 Å². The molecule has 0 saturated carbocycles. The summed E-state index contributed by atoms with van der Waals surface area (Å²) in [5.41, 5.74) is 0.911. The minimum Gasteiger partial charge on any atom is -0.462 e. The lowest BCUT2D eigenvalue weighted by molar-refractivity contribution is 0.0503. The van der Waals surface area contributed by atoms with Crippen molar-refractivity contribution in [2.24, 2.45) is 0 Å². The maximum absolute atomic E-state index is 12.5. The van der Waals surface area contributed by atoms with Gasteiger partial charge in [-0.25, -0.2) is 9.59 Å². The Hall–Kier alpha value is -2.67. The van der Waals surface area contributed by atoms with Crippen molar-refractivity contribution < 1.29 is 18.7 Å². The number of fused-ring (bicyclic) bond motifs is 1. The van der Waals surface area contributed by atoms with Crippen molar-refractivity contribution in [1.82, 2.24) is 4.98 Å². The van der Waals surface area contributed by atoms with Gasteiger partial charge in [0.05, 0.1) is 6.61 Å². The highest BCUT2D eigenvalue weighted by atomic mass is 32.1. The lowest BCUT2D eigenvalue weighted by atomic mass is 10.1. The molecule has 0 unspecified atom stereocenters. The number of carbonyl (C=O) groups excluding carboxylic acids is 1. The number of carbonyl (C=O) groups is 1. The van der Waals surface area contributed by atoms with Crippen molar-refractivity contribution in [3.8, 4) is 6.08 Å². The van der Waals surface area contributed by atoms with Crippen molar-refractivity contribution in [3.05, 3.63) is 56.8 Å². The zero-order valence-corrected chi connectivity index (χ0v) is 18.3. The van der Waals surface area contributed by atoms with Crippen LogP contribution in [0.3, 0.4) is 0 Å². The van der Waals surface area contributed by atoms with E-state index in [9.17, 15) is 9.59 Å². The van der Waals surface area contributed by atoms with E-state index in [-0.39, 0.29) is 12.7 Å². The highest BCUT2D eigenvalue weighted by Crippen LogP contribution is 2.29. The predicted molar refractivity (Wildman–Crippen MR) is 117 cm³/mol. The molecule has 0 radical (unpaired) electrons. The van der Waals surface area contributed by atoms with E-state index in [0.29, 0.717) is 27.3 Å². The van der Waals surface area contributed by atoms with Crippen molar-refractivity contribution in [3.63, 3.8) is 0 Å². The molecule has 3 aromatic rings. The van der Waals surface area contributed by atoms with Crippen LogP contribution in [0.1, 0.15) is 66.2 Å². The molecule has 1 aromatic carbocycles. The van der Waals surface area contributed by atoms with Crippen LogP contribution in [0, 0.1) is 6.92 Å². The average molecular weight is 430 g/mol. The lowest BCUT2D eigenvalue weighted by Crippen LogP contribution is -2.07. The molecule has 0 atom stereocenters. The number of thiophene rings is 1. The van der Waals surface area contributed by atoms with Gasteiger partial charge in [-0.1, -0.05) is 69.4 Å². The van der Waals surface area contributed by atoms with Gasteiger partial charge >= 0.3 is 17.7 Å². The van der Waals surface area contributed by atoms with E-state index >= 15 is 0 Å². The Morgan fingerprint density at radius 2 is 1.83 bits per heavy atom. The van der Waals surface area contributed by atoms with E-state index in [4.69, 9.17) is 13.9 Å². The SMILES string of the molecule is CCCCCCCCOC(=O)c1sc2nc(OCc3ccccc3)oc(=O)c2c1C. The third-order valence-corrected chi connectivity index (χ3v) is 5.99. The number of rotatable bonds is 11. The molecule has 0 aliphatic heterocycles. The molecule has 7 heteroatoms. The number of nitrogens with zero attached hydrogens (tertiary/aromatic N) is 1. The summed E-state index contributed by atoms with van der Waals surface area (Å²) < 4.78 is 16.1. The number of aromatic nitrogens is 1. The van der Waals surface area contributed by atoms with Gasteiger partial charge in [-0.2, -0.15) is 4.98 Å². The number of esters is 1. The summed E-state index contributed by atoms with van der Waals surface area (Å²) in [6.07, 6.45) is 6.61. The first kappa shape index (κ1) is 22.0. The molecule has 0 N–H and O–H groups in total. The van der Waals surface area contributed by atoms with Gasteiger partial charge in [-0.05, 0) is 24.5 Å². The molecule has 0 bridgehead atoms. The normalized spacial score (nSPS) is 11.0. The van der Waals surface area contributed by atoms with Crippen LogP contribution in [0.25, 0.3) is 10.2 Å². The second-order valence-electron chi connectivity index (χ2n) is 7.18. The molecular formula is C23H27NO5S. The zero-order valence-electron chi connectivity index (χ0n) is 17.4. The van der Waals surface area contributed by atoms with Crippen LogP contribution in [0.4, 0.5) is 0 Å². The number of hydrogen-bond acceptors (Lipinski definition) is 7. The van der Waals surface area contributed by atoms with Gasteiger partial charge in [0.1, 0.15) is 21.7 Å². The number of aryl methyl sites for hydroxylation is 1. The van der Waals surface area contributed by atoms with Crippen molar-refractivity contribution in [2.75, 3.05) is 6.61 Å². The zero-order chi connectivity index (χ0) is 21.3. The van der Waals surface area contributed by atoms with E-state index in [0.717, 1.165) is 36.2 Å². The van der Waals surface area contributed by atoms with Gasteiger partial charge in [0.15, 0.2) is 0 Å². The first-order valence-corrected chi connectivity index (χ1v) is 11.2. The van der Waals surface area contributed by atoms with E-state index in [1.54, 1.807) is 6.92 Å². The Balaban J connectivity index is 1.63. The van der Waals surface area contributed by atoms with Crippen LogP contribution in [0.2, 0.25) is 0 Å². The summed E-state index contributed by atoms with van der Waals surface area (Å²) >= 11 is 1.13. The minimum atomic E-state index is -0.563. The van der Waals surface area contributed by atoms with Gasteiger partial charge in [0.25, 0.3) is 0 Å². The molecule has 0 aliphatic rings. The van der Waals surface area contributed by atoms with Gasteiger partial charge in [-0.3, -0.25) is 0 Å². The van der Waals surface area contributed by atoms with Crippen LogP contribution in [0.5, 0.6) is 6.08 Å². The first-order valence-electron chi connectivity index (χ1n) is 10.4. The van der Waals surface area contributed by atoms with Crippen molar-refractivity contribution in [1.29, 1.82) is 0 Å². The number of ether oxygens (including phenoxy) is 2. The van der Waals surface area contributed by atoms with Gasteiger partial charge in [-0.15, -0.1) is 11.3 Å². The largest absolute Gasteiger partial charge is 0.462 e. The maximum atomic E-state index is 12.5. The van der Waals surface area contributed by atoms with Gasteiger partial charge in [0.2, 0.25) is 0 Å². The molecule has 2 heterocycles. The molecule has 0 aliphatic carbocycles. The molecule has 30 heavy (non-hydrogen) atoms. The lowest BCUT2D eigenvalue weighted by Gasteiger charge is -2.04. The fourth-order valence-electron chi connectivity index (χ4n) is 3.14. The Kier molecular flexibility index (Phi) is 8.02. The number of unbranched alkanes of at least 4 members (excludes halogenated alkanes) is 5. The second-order valence-corrected chi connectivity index (χ2v) is 8.18. The molecule has 0 saturated heterocycles. The van der Waals surface area contributed by atoms with Gasteiger partial charge in [0, 0.05) is 0 Å². The Morgan fingerprint density at radius 1 is 1.10 bits per heavy atom. The predicted octanol–water partition coefficient (Wildman–Crippen LogP) is 5.65. The quantitative estimate of drug-likeness (QED) is 0.289. The topological polar surface area (TPSA) is 78.6 Å². The summed E-state index contributed by atoms with van der Waals surface area (Å²) in [5, 5.41) is 0.304. The van der Waals surface area contributed by atoms with Gasteiger partial charge < -0.3 is 13.9 Å². The van der Waals surface area contributed by atoms with E-state index in [2.05, 4.69) is 11.9 Å². The second kappa shape index (κ2) is 10.9. The van der Waals surface area contributed by atoms with E-state index in [1.807, 2.05) is 30.3 Å². The van der Waals surface area contributed by atoms with Crippen LogP contribution in [-0.4, -0.2) is 17.6 Å². The summed E-state index contributed by atoms with van der Waals surface area (Å²) in [5.74, 6) is -0.421. The standard InChI is InChI=1S/C23H27NO5S/c1-3-4-5-6-7-11-14-27-22(26)19-16(2)18-20(30-19)24-23(29-21(18)25)28-15-17-12-9-8-10-13-17/h8-10,12-13H,3-7,11,14-15H2,1-2H3. The van der Waals surface area contributed by atoms with Crippen molar-refractivity contribution in [2.45, 2.75) is 59.0 Å². The summed E-state index contributed by atoms with van der Waals surface area (Å²) in [7, 11) is 0. The third-order valence-electron chi connectivity index (χ3n) is 4.83. The molecule has 0 amide bonds. The monoisotopic (exact) mass is 429 g/mol. The van der Waals surface area contributed by atoms with Crippen LogP contribution in [0.15, 0.2) is 39.5 Å². The minimum absolute atomic E-state index is 0.107. The smallest absolute Gasteiger partial charge is 0.398 e. The maximum Gasteiger partial charge on any atom is 0.398 e. The van der Waals surface area contributed by atoms with Crippen LogP contribution < -0.4 is 10.4 Å². The molecule has 3 rings (SSSR count). The molecule has 0 fully saturated rings. The van der Waals surface area contributed by atoms with Crippen molar-refractivity contribution >= 4 is 27.5 Å². The third kappa shape index (κ3) is 5.69. The Bertz CT molecular complexity index is 1030. The average Bonchev–Trinajstić information content (AvgIpc) is 3.09. The molecular weight excluding hydrogens is 402 g/mol. The number of benzene rings is 1. The summed E-state index contributed by atoms with van der Waals surface area (Å²) in [4.78, 5) is 30.0. The van der Waals surface area contributed by atoms with Crippen LogP contribution in [-0.2, 0) is 11.3 Å². The van der Waals surface area contributed by atoms with Crippen LogP contribution >= 0.6 is 11.3 Å². The van der Waals surface area contributed by atoms with E-state index < -0.39 is 11.6 Å². The molecule has 160 valence electrons. The highest BCUT2D eigenvalue weighted by molar-refractivity contribution is 7.20. The fourth-order valence-corrected chi connectivity index (χ4v) is 4.19. The Morgan fingerprint density at radius 3 is 2.60 bits per heavy atom. The highest BCUT2D eigenvalue weighted by Gasteiger charge is 2.21.